The highest BCUT2D eigenvalue weighted by atomic mass is 16.4. The molecule has 0 aliphatic carbocycles. The molecule has 1 heterocycles. The molecule has 1 saturated heterocycles. The summed E-state index contributed by atoms with van der Waals surface area (Å²) in [6.45, 7) is 4.59. The molecule has 1 rings (SSSR count). The molecule has 3 nitrogen and oxygen atoms in total. The number of nitrogens with one attached hydrogen (secondary N) is 1. The molecule has 0 aromatic carbocycles. The zero-order valence-electron chi connectivity index (χ0n) is 7.05. The molecular weight excluding hydrogens is 142 g/mol. The Hall–Kier alpha value is -0.570. The molecule has 11 heavy (non-hydrogen) atoms. The molecule has 1 unspecified atom stereocenters. The summed E-state index contributed by atoms with van der Waals surface area (Å²) in [5, 5.41) is 12.0. The smallest absolute Gasteiger partial charge is 0.309 e. The van der Waals surface area contributed by atoms with Crippen molar-refractivity contribution < 1.29 is 9.90 Å². The third kappa shape index (κ3) is 1.93. The molecule has 3 heteroatoms. The molecule has 1 fully saturated rings. The number of rotatable bonds is 3. The summed E-state index contributed by atoms with van der Waals surface area (Å²) in [4.78, 5) is 10.7. The summed E-state index contributed by atoms with van der Waals surface area (Å²) in [6, 6.07) is 0.432. The van der Waals surface area contributed by atoms with Crippen LogP contribution in [0.4, 0.5) is 0 Å². The van der Waals surface area contributed by atoms with Gasteiger partial charge in [0.2, 0.25) is 0 Å². The van der Waals surface area contributed by atoms with Crippen LogP contribution >= 0.6 is 0 Å². The zero-order valence-corrected chi connectivity index (χ0v) is 7.05. The number of hydrogen-bond acceptors (Lipinski definition) is 2. The fraction of sp³-hybridized carbons (Fsp3) is 0.875. The Kier molecular flexibility index (Phi) is 2.18. The molecule has 0 saturated carbocycles. The maximum atomic E-state index is 10.7. The molecule has 1 aliphatic rings. The molecule has 0 aromatic heterocycles. The Morgan fingerprint density at radius 2 is 2.27 bits per heavy atom. The Balaban J connectivity index is 2.38. The van der Waals surface area contributed by atoms with Crippen molar-refractivity contribution in [2.24, 2.45) is 5.41 Å². The standard InChI is InChI=1S/C8H15NO2/c1-8(2,7(10)11)5-6-3-4-9-6/h6,9H,3-5H2,1-2H3,(H,10,11). The van der Waals surface area contributed by atoms with Crippen molar-refractivity contribution in [3.8, 4) is 0 Å². The summed E-state index contributed by atoms with van der Waals surface area (Å²) in [5.74, 6) is -0.703. The lowest BCUT2D eigenvalue weighted by Gasteiger charge is -2.33. The number of aliphatic carboxylic acids is 1. The van der Waals surface area contributed by atoms with Crippen molar-refractivity contribution in [3.05, 3.63) is 0 Å². The van der Waals surface area contributed by atoms with E-state index in [4.69, 9.17) is 5.11 Å². The van der Waals surface area contributed by atoms with Gasteiger partial charge in [-0.05, 0) is 33.2 Å². The van der Waals surface area contributed by atoms with Crippen LogP contribution in [0, 0.1) is 5.41 Å². The Labute approximate surface area is 66.8 Å². The van der Waals surface area contributed by atoms with Crippen LogP contribution < -0.4 is 5.32 Å². The average molecular weight is 157 g/mol. The molecule has 0 spiro atoms. The van der Waals surface area contributed by atoms with Crippen LogP contribution in [0.3, 0.4) is 0 Å². The SMILES string of the molecule is CC(C)(CC1CCN1)C(=O)O. The van der Waals surface area contributed by atoms with Crippen molar-refractivity contribution >= 4 is 5.97 Å². The van der Waals surface area contributed by atoms with Gasteiger partial charge in [-0.15, -0.1) is 0 Å². The van der Waals surface area contributed by atoms with Gasteiger partial charge in [0.25, 0.3) is 0 Å². The maximum Gasteiger partial charge on any atom is 0.309 e. The molecule has 2 N–H and O–H groups in total. The fourth-order valence-corrected chi connectivity index (χ4v) is 1.23. The average Bonchev–Trinajstić information content (AvgIpc) is 1.79. The third-order valence-electron chi connectivity index (χ3n) is 2.26. The normalized spacial score (nSPS) is 24.4. The topological polar surface area (TPSA) is 49.3 Å². The summed E-state index contributed by atoms with van der Waals surface area (Å²) in [5.41, 5.74) is -0.571. The lowest BCUT2D eigenvalue weighted by Crippen LogP contribution is -2.46. The third-order valence-corrected chi connectivity index (χ3v) is 2.26. The molecule has 0 bridgehead atoms. The second-order valence-electron chi connectivity index (χ2n) is 3.83. The Bertz CT molecular complexity index is 161. The monoisotopic (exact) mass is 157 g/mol. The first kappa shape index (κ1) is 8.53. The van der Waals surface area contributed by atoms with Gasteiger partial charge in [-0.2, -0.15) is 0 Å². The lowest BCUT2D eigenvalue weighted by molar-refractivity contribution is -0.147. The van der Waals surface area contributed by atoms with Gasteiger partial charge in [0.05, 0.1) is 5.41 Å². The highest BCUT2D eigenvalue weighted by Gasteiger charge is 2.32. The van der Waals surface area contributed by atoms with Crippen molar-refractivity contribution in [2.45, 2.75) is 32.7 Å². The summed E-state index contributed by atoms with van der Waals surface area (Å²) >= 11 is 0. The predicted molar refractivity (Wildman–Crippen MR) is 42.4 cm³/mol. The highest BCUT2D eigenvalue weighted by Crippen LogP contribution is 2.25. The fourth-order valence-electron chi connectivity index (χ4n) is 1.23. The Morgan fingerprint density at radius 3 is 2.55 bits per heavy atom. The van der Waals surface area contributed by atoms with E-state index in [0.717, 1.165) is 19.4 Å². The van der Waals surface area contributed by atoms with E-state index in [0.29, 0.717) is 6.04 Å². The lowest BCUT2D eigenvalue weighted by atomic mass is 9.83. The van der Waals surface area contributed by atoms with Crippen molar-refractivity contribution in [1.29, 1.82) is 0 Å². The van der Waals surface area contributed by atoms with Crippen molar-refractivity contribution in [1.82, 2.24) is 5.32 Å². The van der Waals surface area contributed by atoms with Gasteiger partial charge in [0, 0.05) is 6.04 Å². The molecule has 64 valence electrons. The maximum absolute atomic E-state index is 10.7. The molecule has 1 atom stereocenters. The van der Waals surface area contributed by atoms with Gasteiger partial charge in [-0.3, -0.25) is 4.79 Å². The molecular formula is C8H15NO2. The van der Waals surface area contributed by atoms with E-state index in [1.807, 2.05) is 0 Å². The minimum Gasteiger partial charge on any atom is -0.481 e. The van der Waals surface area contributed by atoms with Gasteiger partial charge >= 0.3 is 5.97 Å². The molecule has 0 amide bonds. The van der Waals surface area contributed by atoms with Gasteiger partial charge < -0.3 is 10.4 Å². The van der Waals surface area contributed by atoms with Crippen LogP contribution in [-0.4, -0.2) is 23.7 Å². The summed E-state index contributed by atoms with van der Waals surface area (Å²) in [7, 11) is 0. The van der Waals surface area contributed by atoms with Gasteiger partial charge in [-0.25, -0.2) is 0 Å². The van der Waals surface area contributed by atoms with Crippen molar-refractivity contribution in [2.75, 3.05) is 6.54 Å². The van der Waals surface area contributed by atoms with Crippen LogP contribution in [0.5, 0.6) is 0 Å². The first-order valence-corrected chi connectivity index (χ1v) is 3.99. The van der Waals surface area contributed by atoms with E-state index < -0.39 is 11.4 Å². The van der Waals surface area contributed by atoms with E-state index in [1.54, 1.807) is 13.8 Å². The van der Waals surface area contributed by atoms with Crippen LogP contribution in [0.1, 0.15) is 26.7 Å². The molecule has 0 radical (unpaired) electrons. The van der Waals surface area contributed by atoms with Crippen LogP contribution in [-0.2, 0) is 4.79 Å². The van der Waals surface area contributed by atoms with Crippen LogP contribution in [0.15, 0.2) is 0 Å². The van der Waals surface area contributed by atoms with Crippen molar-refractivity contribution in [3.63, 3.8) is 0 Å². The number of carboxylic acid groups (broad SMARTS) is 1. The second kappa shape index (κ2) is 2.81. The minimum absolute atomic E-state index is 0.432. The van der Waals surface area contributed by atoms with E-state index in [1.165, 1.54) is 0 Å². The largest absolute Gasteiger partial charge is 0.481 e. The number of hydrogen-bond donors (Lipinski definition) is 2. The number of carboxylic acids is 1. The predicted octanol–water partition coefficient (Wildman–Crippen LogP) is 0.849. The van der Waals surface area contributed by atoms with E-state index in [-0.39, 0.29) is 0 Å². The Morgan fingerprint density at radius 1 is 1.73 bits per heavy atom. The van der Waals surface area contributed by atoms with Crippen LogP contribution in [0.2, 0.25) is 0 Å². The highest BCUT2D eigenvalue weighted by molar-refractivity contribution is 5.73. The second-order valence-corrected chi connectivity index (χ2v) is 3.83. The zero-order chi connectivity index (χ0) is 8.48. The van der Waals surface area contributed by atoms with E-state index in [9.17, 15) is 4.79 Å². The van der Waals surface area contributed by atoms with Crippen LogP contribution in [0.25, 0.3) is 0 Å². The van der Waals surface area contributed by atoms with Gasteiger partial charge in [0.1, 0.15) is 0 Å². The first-order chi connectivity index (χ1) is 5.02. The van der Waals surface area contributed by atoms with Gasteiger partial charge in [0.15, 0.2) is 0 Å². The molecule has 1 aliphatic heterocycles. The van der Waals surface area contributed by atoms with Gasteiger partial charge in [-0.1, -0.05) is 0 Å². The number of carbonyl (C=O) groups is 1. The molecule has 0 aromatic rings. The summed E-state index contributed by atoms with van der Waals surface area (Å²) < 4.78 is 0. The quantitative estimate of drug-likeness (QED) is 0.638. The first-order valence-electron chi connectivity index (χ1n) is 3.99. The summed E-state index contributed by atoms with van der Waals surface area (Å²) in [6.07, 6.45) is 1.86. The van der Waals surface area contributed by atoms with E-state index in [2.05, 4.69) is 5.32 Å². The van der Waals surface area contributed by atoms with E-state index >= 15 is 0 Å². The minimum atomic E-state index is -0.703.